The van der Waals surface area contributed by atoms with Crippen LogP contribution in [0.4, 0.5) is 0 Å². The molecular formula is C15H15NO5. The lowest BCUT2D eigenvalue weighted by molar-refractivity contribution is 0.0381. The van der Waals surface area contributed by atoms with Crippen LogP contribution in [0.15, 0.2) is 36.4 Å². The Labute approximate surface area is 121 Å². The Morgan fingerprint density at radius 1 is 1.19 bits per heavy atom. The quantitative estimate of drug-likeness (QED) is 0.803. The van der Waals surface area contributed by atoms with Gasteiger partial charge in [-0.3, -0.25) is 0 Å². The van der Waals surface area contributed by atoms with Gasteiger partial charge in [-0.1, -0.05) is 19.1 Å². The van der Waals surface area contributed by atoms with Gasteiger partial charge in [-0.05, 0) is 24.6 Å². The van der Waals surface area contributed by atoms with Crippen molar-refractivity contribution in [3.8, 4) is 17.5 Å². The Morgan fingerprint density at radius 2 is 1.86 bits per heavy atom. The zero-order chi connectivity index (χ0) is 15.4. The first-order valence-corrected chi connectivity index (χ1v) is 6.34. The zero-order valence-electron chi connectivity index (χ0n) is 11.4. The molecule has 0 aliphatic heterocycles. The number of benzene rings is 1. The predicted octanol–water partition coefficient (Wildman–Crippen LogP) is 2.30. The Hall–Kier alpha value is -2.89. The highest BCUT2D eigenvalue weighted by Crippen LogP contribution is 2.22. The molecule has 0 saturated heterocycles. The first-order valence-electron chi connectivity index (χ1n) is 6.34. The molecule has 0 aliphatic carbocycles. The molecule has 0 unspecified atom stereocenters. The average molecular weight is 289 g/mol. The highest BCUT2D eigenvalue weighted by atomic mass is 16.7. The third kappa shape index (κ3) is 3.17. The van der Waals surface area contributed by atoms with Gasteiger partial charge in [0.15, 0.2) is 0 Å². The summed E-state index contributed by atoms with van der Waals surface area (Å²) >= 11 is 0. The molecule has 6 heteroatoms. The van der Waals surface area contributed by atoms with E-state index in [0.29, 0.717) is 10.3 Å². The van der Waals surface area contributed by atoms with E-state index >= 15 is 0 Å². The van der Waals surface area contributed by atoms with Gasteiger partial charge in [0, 0.05) is 17.7 Å². The second kappa shape index (κ2) is 6.04. The van der Waals surface area contributed by atoms with E-state index in [1.54, 1.807) is 6.08 Å². The van der Waals surface area contributed by atoms with Crippen LogP contribution in [0.3, 0.4) is 0 Å². The smallest absolute Gasteiger partial charge is 0.363 e. The first-order chi connectivity index (χ1) is 10.0. The number of aromatic hydroxyl groups is 3. The molecule has 110 valence electrons. The predicted molar refractivity (Wildman–Crippen MR) is 76.1 cm³/mol. The second-order valence-corrected chi connectivity index (χ2v) is 4.31. The molecule has 2 rings (SSSR count). The van der Waals surface area contributed by atoms with Crippen molar-refractivity contribution < 1.29 is 25.0 Å². The minimum absolute atomic E-state index is 0.0444. The number of carbonyl (C=O) groups is 1. The van der Waals surface area contributed by atoms with Gasteiger partial charge in [-0.15, -0.1) is 4.73 Å². The molecule has 1 heterocycles. The van der Waals surface area contributed by atoms with Crippen molar-refractivity contribution in [1.82, 2.24) is 4.73 Å². The van der Waals surface area contributed by atoms with Crippen LogP contribution in [0.5, 0.6) is 17.5 Å². The molecule has 0 saturated carbocycles. The van der Waals surface area contributed by atoms with Gasteiger partial charge < -0.3 is 20.2 Å². The van der Waals surface area contributed by atoms with Crippen LogP contribution in [0.2, 0.25) is 0 Å². The van der Waals surface area contributed by atoms with Gasteiger partial charge in [-0.25, -0.2) is 4.79 Å². The lowest BCUT2D eigenvalue weighted by atomic mass is 10.1. The highest BCUT2D eigenvalue weighted by molar-refractivity contribution is 5.91. The summed E-state index contributed by atoms with van der Waals surface area (Å²) in [5.74, 6) is -1.53. The van der Waals surface area contributed by atoms with E-state index in [9.17, 15) is 20.1 Å². The number of nitrogens with zero attached hydrogens (tertiary/aromatic N) is 1. The number of phenolic OH excluding ortho intramolecular Hbond substituents is 1. The summed E-state index contributed by atoms with van der Waals surface area (Å²) in [6.45, 7) is 1.95. The zero-order valence-corrected chi connectivity index (χ0v) is 11.4. The number of carbonyl (C=O) groups excluding carboxylic acids is 1. The normalized spacial score (nSPS) is 10.9. The van der Waals surface area contributed by atoms with Crippen molar-refractivity contribution in [2.45, 2.75) is 13.3 Å². The molecule has 1 aromatic heterocycles. The molecule has 0 radical (unpaired) electrons. The van der Waals surface area contributed by atoms with Gasteiger partial charge in [0.2, 0.25) is 11.8 Å². The minimum atomic E-state index is -0.775. The molecule has 0 fully saturated rings. The van der Waals surface area contributed by atoms with Gasteiger partial charge >= 0.3 is 5.97 Å². The van der Waals surface area contributed by atoms with Crippen molar-refractivity contribution >= 4 is 12.0 Å². The summed E-state index contributed by atoms with van der Waals surface area (Å²) in [5, 5.41) is 28.5. The highest BCUT2D eigenvalue weighted by Gasteiger charge is 2.15. The molecule has 2 aromatic rings. The lowest BCUT2D eigenvalue weighted by Gasteiger charge is -2.08. The molecular weight excluding hydrogens is 274 g/mol. The fourth-order valence-corrected chi connectivity index (χ4v) is 1.69. The van der Waals surface area contributed by atoms with Crippen LogP contribution in [0.1, 0.15) is 29.3 Å². The molecule has 3 N–H and O–H groups in total. The molecule has 6 nitrogen and oxygen atoms in total. The number of rotatable bonds is 4. The third-order valence-corrected chi connectivity index (χ3v) is 2.77. The summed E-state index contributed by atoms with van der Waals surface area (Å²) in [7, 11) is 0. The molecule has 0 amide bonds. The van der Waals surface area contributed by atoms with Crippen LogP contribution < -0.4 is 4.84 Å². The summed E-state index contributed by atoms with van der Waals surface area (Å²) < 4.78 is 0.608. The van der Waals surface area contributed by atoms with E-state index in [1.807, 2.05) is 13.0 Å². The fraction of sp³-hybridized carbons (Fsp3) is 0.133. The van der Waals surface area contributed by atoms with E-state index in [1.165, 1.54) is 30.3 Å². The van der Waals surface area contributed by atoms with Gasteiger partial charge in [0.25, 0.3) is 0 Å². The number of phenols is 1. The van der Waals surface area contributed by atoms with E-state index < -0.39 is 17.7 Å². The summed E-state index contributed by atoms with van der Waals surface area (Å²) in [4.78, 5) is 16.9. The maximum atomic E-state index is 12.0. The van der Waals surface area contributed by atoms with Crippen molar-refractivity contribution in [2.75, 3.05) is 0 Å². The van der Waals surface area contributed by atoms with Crippen LogP contribution in [0, 0.1) is 0 Å². The van der Waals surface area contributed by atoms with Crippen molar-refractivity contribution in [1.29, 1.82) is 0 Å². The van der Waals surface area contributed by atoms with Crippen LogP contribution >= 0.6 is 0 Å². The third-order valence-electron chi connectivity index (χ3n) is 2.77. The van der Waals surface area contributed by atoms with Crippen LogP contribution in [-0.4, -0.2) is 26.0 Å². The fourth-order valence-electron chi connectivity index (χ4n) is 1.69. The topological polar surface area (TPSA) is 91.9 Å². The summed E-state index contributed by atoms with van der Waals surface area (Å²) in [6, 6.07) is 6.60. The lowest BCUT2D eigenvalue weighted by Crippen LogP contribution is -2.19. The Kier molecular flexibility index (Phi) is 4.18. The number of hydrogen-bond donors (Lipinski definition) is 3. The average Bonchev–Trinajstić information content (AvgIpc) is 2.78. The number of hydrogen-bond acceptors (Lipinski definition) is 5. The molecule has 0 bridgehead atoms. The first kappa shape index (κ1) is 14.5. The number of aromatic nitrogens is 1. The molecule has 0 atom stereocenters. The maximum absolute atomic E-state index is 12.0. The Balaban J connectivity index is 2.25. The van der Waals surface area contributed by atoms with Gasteiger partial charge in [0.05, 0.1) is 5.56 Å². The van der Waals surface area contributed by atoms with E-state index in [2.05, 4.69) is 0 Å². The van der Waals surface area contributed by atoms with Crippen LogP contribution in [0.25, 0.3) is 6.08 Å². The van der Waals surface area contributed by atoms with Crippen molar-refractivity contribution in [3.63, 3.8) is 0 Å². The molecule has 0 aliphatic rings. The monoisotopic (exact) mass is 289 g/mol. The molecule has 21 heavy (non-hydrogen) atoms. The number of allylic oxidation sites excluding steroid dienone is 1. The van der Waals surface area contributed by atoms with Crippen molar-refractivity contribution in [2.24, 2.45) is 0 Å². The largest absolute Gasteiger partial charge is 0.507 e. The van der Waals surface area contributed by atoms with Gasteiger partial charge in [0.1, 0.15) is 5.75 Å². The summed E-state index contributed by atoms with van der Waals surface area (Å²) in [6.07, 6.45) is 4.32. The van der Waals surface area contributed by atoms with E-state index in [0.717, 1.165) is 6.42 Å². The second-order valence-electron chi connectivity index (χ2n) is 4.31. The summed E-state index contributed by atoms with van der Waals surface area (Å²) in [5.41, 5.74) is 0.656. The van der Waals surface area contributed by atoms with Crippen molar-refractivity contribution in [3.05, 3.63) is 47.5 Å². The SMILES string of the molecule is CCC=Cc1cc(C(=O)On2c(O)ccc2O)ccc1O. The van der Waals surface area contributed by atoms with Gasteiger partial charge in [-0.2, -0.15) is 0 Å². The Morgan fingerprint density at radius 3 is 2.48 bits per heavy atom. The molecule has 0 spiro atoms. The molecule has 1 aromatic carbocycles. The minimum Gasteiger partial charge on any atom is -0.507 e. The van der Waals surface area contributed by atoms with E-state index in [-0.39, 0.29) is 11.3 Å². The maximum Gasteiger partial charge on any atom is 0.363 e. The van der Waals surface area contributed by atoms with E-state index in [4.69, 9.17) is 4.84 Å². The van der Waals surface area contributed by atoms with Crippen LogP contribution in [-0.2, 0) is 0 Å². The standard InChI is InChI=1S/C15H15NO5/c1-2-3-4-10-9-11(5-6-12(10)17)15(20)21-16-13(18)7-8-14(16)19/h3-9,17-19H,2H2,1H3. The Bertz CT molecular complexity index is 668.